The Bertz CT molecular complexity index is 923. The van der Waals surface area contributed by atoms with Gasteiger partial charge < -0.3 is 11.1 Å². The molecule has 6 nitrogen and oxygen atoms in total. The van der Waals surface area contributed by atoms with Crippen LogP contribution in [0, 0.1) is 11.2 Å². The minimum absolute atomic E-state index is 0.0753. The average Bonchev–Trinajstić information content (AvgIpc) is 2.73. The second kappa shape index (κ2) is 7.91. The number of hydrogen-bond acceptors (Lipinski definition) is 5. The first-order valence-corrected chi connectivity index (χ1v) is 10.0. The van der Waals surface area contributed by atoms with Crippen molar-refractivity contribution in [3.63, 3.8) is 0 Å². The Kier molecular flexibility index (Phi) is 5.32. The van der Waals surface area contributed by atoms with Crippen molar-refractivity contribution in [3.05, 3.63) is 53.5 Å². The molecule has 1 aromatic heterocycles. The lowest BCUT2D eigenvalue weighted by molar-refractivity contribution is -0.121. The summed E-state index contributed by atoms with van der Waals surface area (Å²) in [6.07, 6.45) is 5.17. The number of aromatic nitrogens is 1. The summed E-state index contributed by atoms with van der Waals surface area (Å²) in [6, 6.07) is 7.46. The number of nitrogen functional groups attached to an aromatic ring is 1. The molecule has 1 spiro atoms. The predicted molar refractivity (Wildman–Crippen MR) is 109 cm³/mol. The molecule has 2 saturated heterocycles. The van der Waals surface area contributed by atoms with Crippen molar-refractivity contribution in [2.75, 3.05) is 30.3 Å². The van der Waals surface area contributed by atoms with Crippen molar-refractivity contribution in [1.29, 1.82) is 0 Å². The molecule has 0 unspecified atom stereocenters. The van der Waals surface area contributed by atoms with E-state index in [1.165, 1.54) is 24.4 Å². The topological polar surface area (TPSA) is 88.3 Å². The van der Waals surface area contributed by atoms with Crippen LogP contribution in [0.15, 0.2) is 36.5 Å². The maximum Gasteiger partial charge on any atom is 0.228 e. The Morgan fingerprint density at radius 1 is 1.21 bits per heavy atom. The molecule has 4 rings (SSSR count). The second-order valence-electron chi connectivity index (χ2n) is 8.08. The Labute approximate surface area is 169 Å². The molecular weight excluding hydrogens is 371 g/mol. The van der Waals surface area contributed by atoms with E-state index in [4.69, 9.17) is 5.73 Å². The summed E-state index contributed by atoms with van der Waals surface area (Å²) in [5.41, 5.74) is 7.24. The van der Waals surface area contributed by atoms with Gasteiger partial charge in [0.2, 0.25) is 5.91 Å². The van der Waals surface area contributed by atoms with Gasteiger partial charge in [0.05, 0.1) is 0 Å². The lowest BCUT2D eigenvalue weighted by atomic mass is 9.73. The van der Waals surface area contributed by atoms with E-state index >= 15 is 0 Å². The number of nitrogens with two attached hydrogens (primary N) is 1. The summed E-state index contributed by atoms with van der Waals surface area (Å²) in [7, 11) is 0. The fraction of sp³-hybridized carbons (Fsp3) is 0.409. The van der Waals surface area contributed by atoms with Gasteiger partial charge in [-0.25, -0.2) is 9.37 Å². The van der Waals surface area contributed by atoms with Crippen LogP contribution in [0.2, 0.25) is 0 Å². The molecule has 1 amide bonds. The fourth-order valence-electron chi connectivity index (χ4n) is 4.30. The highest BCUT2D eigenvalue weighted by Gasteiger charge is 2.40. The third kappa shape index (κ3) is 4.15. The summed E-state index contributed by atoms with van der Waals surface area (Å²) >= 11 is 0. The van der Waals surface area contributed by atoms with Crippen LogP contribution in [0.4, 0.5) is 15.9 Å². The van der Waals surface area contributed by atoms with E-state index in [1.807, 2.05) is 0 Å². The number of nitrogens with one attached hydrogen (secondary N) is 1. The highest BCUT2D eigenvalue weighted by Crippen LogP contribution is 2.39. The third-order valence-electron chi connectivity index (χ3n) is 6.13. The van der Waals surface area contributed by atoms with Gasteiger partial charge in [0.25, 0.3) is 0 Å². The van der Waals surface area contributed by atoms with E-state index in [1.54, 1.807) is 17.0 Å². The quantitative estimate of drug-likeness (QED) is 0.613. The standard InChI is InChI=1S/C22H25FN4O2/c23-17-3-1-15(18(24)12-17)11-19(28)16-2-4-20(26-13-16)27-14-22(6-5-21(27)29)7-9-25-10-8-22/h1-4,12-13,25H,5-11,14,24H2. The Balaban J connectivity index is 1.48. The lowest BCUT2D eigenvalue weighted by Gasteiger charge is -2.44. The van der Waals surface area contributed by atoms with Crippen LogP contribution in [-0.2, 0) is 11.2 Å². The molecule has 2 fully saturated rings. The van der Waals surface area contributed by atoms with E-state index in [-0.39, 0.29) is 29.2 Å². The molecule has 0 saturated carbocycles. The summed E-state index contributed by atoms with van der Waals surface area (Å²) in [5, 5.41) is 3.38. The van der Waals surface area contributed by atoms with Gasteiger partial charge in [-0.1, -0.05) is 6.07 Å². The zero-order valence-corrected chi connectivity index (χ0v) is 16.3. The van der Waals surface area contributed by atoms with Crippen LogP contribution in [0.1, 0.15) is 41.6 Å². The maximum absolute atomic E-state index is 13.2. The molecule has 3 N–H and O–H groups in total. The highest BCUT2D eigenvalue weighted by atomic mass is 19.1. The fourth-order valence-corrected chi connectivity index (χ4v) is 4.30. The average molecular weight is 396 g/mol. The molecule has 0 aliphatic carbocycles. The van der Waals surface area contributed by atoms with Gasteiger partial charge in [0.1, 0.15) is 11.6 Å². The van der Waals surface area contributed by atoms with Crippen LogP contribution >= 0.6 is 0 Å². The van der Waals surface area contributed by atoms with E-state index in [0.717, 1.165) is 32.4 Å². The van der Waals surface area contributed by atoms with Crippen LogP contribution in [0.3, 0.4) is 0 Å². The number of amides is 1. The molecule has 2 aliphatic rings. The van der Waals surface area contributed by atoms with E-state index < -0.39 is 5.82 Å². The smallest absolute Gasteiger partial charge is 0.228 e. The number of hydrogen-bond donors (Lipinski definition) is 2. The van der Waals surface area contributed by atoms with Gasteiger partial charge in [-0.2, -0.15) is 0 Å². The monoisotopic (exact) mass is 396 g/mol. The van der Waals surface area contributed by atoms with Gasteiger partial charge in [-0.05, 0) is 67.6 Å². The molecule has 1 aromatic carbocycles. The molecule has 2 aromatic rings. The SMILES string of the molecule is Nc1cc(F)ccc1CC(=O)c1ccc(N2CC3(CCNCC3)CCC2=O)nc1. The summed E-state index contributed by atoms with van der Waals surface area (Å²) in [4.78, 5) is 31.2. The number of ketones is 1. The molecule has 0 bridgehead atoms. The number of pyridine rings is 1. The van der Waals surface area contributed by atoms with Gasteiger partial charge in [-0.3, -0.25) is 14.5 Å². The molecule has 3 heterocycles. The Hall–Kier alpha value is -2.80. The number of carbonyl (C=O) groups excluding carboxylic acids is 2. The molecule has 29 heavy (non-hydrogen) atoms. The van der Waals surface area contributed by atoms with Crippen LogP contribution < -0.4 is 16.0 Å². The van der Waals surface area contributed by atoms with Gasteiger partial charge in [-0.15, -0.1) is 0 Å². The van der Waals surface area contributed by atoms with Gasteiger partial charge in [0, 0.05) is 36.8 Å². The first-order chi connectivity index (χ1) is 14.0. The Morgan fingerprint density at radius 3 is 2.69 bits per heavy atom. The van der Waals surface area contributed by atoms with Crippen molar-refractivity contribution in [2.45, 2.75) is 32.1 Å². The minimum atomic E-state index is -0.428. The third-order valence-corrected chi connectivity index (χ3v) is 6.13. The van der Waals surface area contributed by atoms with E-state index in [9.17, 15) is 14.0 Å². The van der Waals surface area contributed by atoms with Crippen molar-refractivity contribution < 1.29 is 14.0 Å². The number of Topliss-reactive ketones (excluding diaryl/α,β-unsaturated/α-hetero) is 1. The number of anilines is 2. The van der Waals surface area contributed by atoms with Gasteiger partial charge >= 0.3 is 0 Å². The molecule has 0 atom stereocenters. The molecular formula is C22H25FN4O2. The largest absolute Gasteiger partial charge is 0.398 e. The van der Waals surface area contributed by atoms with Crippen LogP contribution in [0.5, 0.6) is 0 Å². The number of rotatable bonds is 4. The molecule has 152 valence electrons. The molecule has 7 heteroatoms. The van der Waals surface area contributed by atoms with Crippen molar-refractivity contribution in [2.24, 2.45) is 5.41 Å². The summed E-state index contributed by atoms with van der Waals surface area (Å²) in [5.74, 6) is 0.0925. The molecule has 2 aliphatic heterocycles. The van der Waals surface area contributed by atoms with Crippen molar-refractivity contribution >= 4 is 23.2 Å². The number of benzene rings is 1. The predicted octanol–water partition coefficient (Wildman–Crippen LogP) is 2.72. The molecule has 0 radical (unpaired) electrons. The number of halogens is 1. The number of piperidine rings is 2. The lowest BCUT2D eigenvalue weighted by Crippen LogP contribution is -2.51. The number of carbonyl (C=O) groups is 2. The zero-order valence-electron chi connectivity index (χ0n) is 16.3. The normalized spacial score (nSPS) is 18.8. The second-order valence-corrected chi connectivity index (χ2v) is 8.08. The Morgan fingerprint density at radius 2 is 2.00 bits per heavy atom. The van der Waals surface area contributed by atoms with Crippen LogP contribution in [0.25, 0.3) is 0 Å². The van der Waals surface area contributed by atoms with E-state index in [0.29, 0.717) is 29.9 Å². The first-order valence-electron chi connectivity index (χ1n) is 10.0. The van der Waals surface area contributed by atoms with Gasteiger partial charge in [0.15, 0.2) is 5.78 Å². The summed E-state index contributed by atoms with van der Waals surface area (Å²) in [6.45, 7) is 2.64. The zero-order chi connectivity index (χ0) is 20.4. The first kappa shape index (κ1) is 19.5. The highest BCUT2D eigenvalue weighted by molar-refractivity contribution is 5.98. The van der Waals surface area contributed by atoms with Crippen molar-refractivity contribution in [3.8, 4) is 0 Å². The van der Waals surface area contributed by atoms with Crippen LogP contribution in [-0.4, -0.2) is 36.3 Å². The van der Waals surface area contributed by atoms with Crippen molar-refractivity contribution in [1.82, 2.24) is 10.3 Å². The maximum atomic E-state index is 13.2. The minimum Gasteiger partial charge on any atom is -0.398 e. The number of nitrogens with zero attached hydrogens (tertiary/aromatic N) is 2. The summed E-state index contributed by atoms with van der Waals surface area (Å²) < 4.78 is 13.2. The van der Waals surface area contributed by atoms with E-state index in [2.05, 4.69) is 10.3 Å².